The predicted octanol–water partition coefficient (Wildman–Crippen LogP) is 3.96. The quantitative estimate of drug-likeness (QED) is 0.479. The average molecular weight is 509 g/mol. The molecule has 0 aliphatic carbocycles. The van der Waals surface area contributed by atoms with E-state index in [0.717, 1.165) is 74.3 Å². The number of nitrogens with zero attached hydrogens (tertiary/aromatic N) is 5. The molecule has 2 aromatic rings. The van der Waals surface area contributed by atoms with Gasteiger partial charge in [0.25, 0.3) is 0 Å². The van der Waals surface area contributed by atoms with Crippen molar-refractivity contribution >= 4 is 11.9 Å². The summed E-state index contributed by atoms with van der Waals surface area (Å²) in [5.41, 5.74) is 8.33. The molecular formula is C28H40N6O3. The summed E-state index contributed by atoms with van der Waals surface area (Å²) in [6.45, 7) is 9.36. The van der Waals surface area contributed by atoms with Crippen LogP contribution in [0, 0.1) is 24.2 Å². The van der Waals surface area contributed by atoms with Gasteiger partial charge in [-0.3, -0.25) is 4.79 Å². The van der Waals surface area contributed by atoms with Crippen LogP contribution in [-0.4, -0.2) is 59.3 Å². The van der Waals surface area contributed by atoms with Gasteiger partial charge in [0.05, 0.1) is 18.7 Å². The molecule has 3 heterocycles. The van der Waals surface area contributed by atoms with Crippen molar-refractivity contribution in [3.05, 3.63) is 35.2 Å². The maximum Gasteiger partial charge on any atom is 0.324 e. The lowest BCUT2D eigenvalue weighted by Crippen LogP contribution is -2.46. The molecule has 2 aliphatic rings. The van der Waals surface area contributed by atoms with E-state index in [2.05, 4.69) is 35.0 Å². The van der Waals surface area contributed by atoms with Crippen LogP contribution < -0.4 is 15.4 Å². The van der Waals surface area contributed by atoms with E-state index in [1.807, 2.05) is 25.1 Å². The number of likely N-dealkylation sites (tertiary alicyclic amines) is 1. The Morgan fingerprint density at radius 2 is 2.05 bits per heavy atom. The van der Waals surface area contributed by atoms with Crippen LogP contribution >= 0.6 is 0 Å². The summed E-state index contributed by atoms with van der Waals surface area (Å²) < 4.78 is 11.5. The lowest BCUT2D eigenvalue weighted by molar-refractivity contribution is -0.132. The molecule has 0 bridgehead atoms. The zero-order chi connectivity index (χ0) is 26.4. The molecule has 2 fully saturated rings. The minimum Gasteiger partial charge on any atom is -0.494 e. The Labute approximate surface area is 219 Å². The summed E-state index contributed by atoms with van der Waals surface area (Å²) in [5, 5.41) is 13.3. The van der Waals surface area contributed by atoms with Crippen LogP contribution in [0.15, 0.2) is 22.7 Å². The number of carbonyl (C=O) groups excluding carboxylic acids is 1. The molecule has 9 heteroatoms. The van der Waals surface area contributed by atoms with Gasteiger partial charge in [-0.1, -0.05) is 25.1 Å². The fraction of sp³-hybridized carbons (Fsp3) is 0.643. The van der Waals surface area contributed by atoms with Gasteiger partial charge < -0.3 is 24.8 Å². The highest BCUT2D eigenvalue weighted by atomic mass is 16.5. The third-order valence-corrected chi connectivity index (χ3v) is 7.61. The third-order valence-electron chi connectivity index (χ3n) is 7.61. The van der Waals surface area contributed by atoms with Gasteiger partial charge in [0, 0.05) is 25.6 Å². The topological polar surface area (TPSA) is 122 Å². The van der Waals surface area contributed by atoms with E-state index in [-0.39, 0.29) is 17.9 Å². The number of benzene rings is 1. The first-order chi connectivity index (χ1) is 17.9. The number of rotatable bonds is 10. The van der Waals surface area contributed by atoms with E-state index < -0.39 is 6.04 Å². The molecule has 0 spiro atoms. The van der Waals surface area contributed by atoms with Gasteiger partial charge in [-0.15, -0.1) is 0 Å². The zero-order valence-corrected chi connectivity index (χ0v) is 22.4. The van der Waals surface area contributed by atoms with Crippen LogP contribution in [0.4, 0.5) is 6.01 Å². The number of hydrogen-bond donors (Lipinski definition) is 1. The first-order valence-corrected chi connectivity index (χ1v) is 13.6. The van der Waals surface area contributed by atoms with Crippen LogP contribution in [0.5, 0.6) is 5.75 Å². The second-order valence-electron chi connectivity index (χ2n) is 10.7. The van der Waals surface area contributed by atoms with Crippen molar-refractivity contribution < 1.29 is 14.1 Å². The molecule has 0 radical (unpaired) electrons. The van der Waals surface area contributed by atoms with Crippen LogP contribution in [0.25, 0.3) is 0 Å². The standard InChI is InChI=1S/C28H40N6O3/c1-19(2)26-31-28(37-32-26)33-13-10-21(11-14-33)6-5-15-36-24-9-8-22(20(3)16-24)17-25(30)27(35)34-12-4-7-23(34)18-29/h8-9,16,19,21,23,25H,4-7,10-15,17,30H2,1-3H3. The third kappa shape index (κ3) is 6.80. The molecule has 0 saturated carbocycles. The zero-order valence-electron chi connectivity index (χ0n) is 22.4. The number of amides is 1. The summed E-state index contributed by atoms with van der Waals surface area (Å²) in [7, 11) is 0. The highest BCUT2D eigenvalue weighted by molar-refractivity contribution is 5.83. The smallest absolute Gasteiger partial charge is 0.324 e. The van der Waals surface area contributed by atoms with E-state index in [1.165, 1.54) is 0 Å². The Hall–Kier alpha value is -3.12. The van der Waals surface area contributed by atoms with Gasteiger partial charge in [-0.2, -0.15) is 10.2 Å². The fourth-order valence-corrected chi connectivity index (χ4v) is 5.25. The first kappa shape index (κ1) is 26.9. The Bertz CT molecular complexity index is 1090. The van der Waals surface area contributed by atoms with Gasteiger partial charge in [0.2, 0.25) is 5.91 Å². The number of aryl methyl sites for hydroxylation is 1. The molecule has 2 atom stereocenters. The summed E-state index contributed by atoms with van der Waals surface area (Å²) in [5.74, 6) is 2.44. The van der Waals surface area contributed by atoms with Crippen LogP contribution in [0.2, 0.25) is 0 Å². The maximum absolute atomic E-state index is 12.7. The van der Waals surface area contributed by atoms with Gasteiger partial charge in [0.1, 0.15) is 11.8 Å². The Balaban J connectivity index is 1.17. The molecule has 1 aromatic heterocycles. The first-order valence-electron chi connectivity index (χ1n) is 13.6. The van der Waals surface area contributed by atoms with Gasteiger partial charge in [-0.25, -0.2) is 0 Å². The summed E-state index contributed by atoms with van der Waals surface area (Å²) in [6.07, 6.45) is 6.46. The number of anilines is 1. The second kappa shape index (κ2) is 12.4. The Morgan fingerprint density at radius 1 is 1.27 bits per heavy atom. The number of hydrogen-bond acceptors (Lipinski definition) is 8. The summed E-state index contributed by atoms with van der Waals surface area (Å²) in [4.78, 5) is 21.1. The molecule has 2 unspecified atom stereocenters. The highest BCUT2D eigenvalue weighted by Gasteiger charge is 2.31. The van der Waals surface area contributed by atoms with E-state index in [4.69, 9.17) is 15.0 Å². The molecule has 1 aromatic carbocycles. The van der Waals surface area contributed by atoms with Crippen molar-refractivity contribution in [1.29, 1.82) is 5.26 Å². The molecule has 1 amide bonds. The van der Waals surface area contributed by atoms with Gasteiger partial charge >= 0.3 is 6.01 Å². The minimum atomic E-state index is -0.636. The normalized spacial score (nSPS) is 19.3. The Kier molecular flexibility index (Phi) is 9.04. The maximum atomic E-state index is 12.7. The van der Waals surface area contributed by atoms with Gasteiger partial charge in [-0.05, 0) is 81.0 Å². The van der Waals surface area contributed by atoms with E-state index in [1.54, 1.807) is 4.90 Å². The van der Waals surface area contributed by atoms with Crippen molar-refractivity contribution in [1.82, 2.24) is 15.0 Å². The number of nitrogens with two attached hydrogens (primary N) is 1. The number of nitriles is 1. The van der Waals surface area contributed by atoms with Gasteiger partial charge in [0.15, 0.2) is 5.82 Å². The monoisotopic (exact) mass is 508 g/mol. The number of carbonyl (C=O) groups is 1. The van der Waals surface area contributed by atoms with E-state index in [9.17, 15) is 10.1 Å². The van der Waals surface area contributed by atoms with E-state index in [0.29, 0.717) is 31.5 Å². The number of piperidine rings is 1. The van der Waals surface area contributed by atoms with Crippen molar-refractivity contribution in [2.24, 2.45) is 11.7 Å². The summed E-state index contributed by atoms with van der Waals surface area (Å²) >= 11 is 0. The van der Waals surface area contributed by atoms with Crippen LogP contribution in [0.3, 0.4) is 0 Å². The molecular weight excluding hydrogens is 468 g/mol. The molecule has 2 N–H and O–H groups in total. The molecule has 37 heavy (non-hydrogen) atoms. The summed E-state index contributed by atoms with van der Waals surface area (Å²) in [6, 6.07) is 7.87. The Morgan fingerprint density at radius 3 is 2.73 bits per heavy atom. The fourth-order valence-electron chi connectivity index (χ4n) is 5.25. The molecule has 2 saturated heterocycles. The number of aromatic nitrogens is 2. The highest BCUT2D eigenvalue weighted by Crippen LogP contribution is 2.27. The predicted molar refractivity (Wildman–Crippen MR) is 141 cm³/mol. The van der Waals surface area contributed by atoms with Crippen molar-refractivity contribution in [3.8, 4) is 11.8 Å². The molecule has 2 aliphatic heterocycles. The molecule has 200 valence electrons. The average Bonchev–Trinajstić information content (AvgIpc) is 3.58. The lowest BCUT2D eigenvalue weighted by Gasteiger charge is -2.30. The van der Waals surface area contributed by atoms with Crippen molar-refractivity contribution in [2.75, 3.05) is 31.1 Å². The van der Waals surface area contributed by atoms with E-state index >= 15 is 0 Å². The second-order valence-corrected chi connectivity index (χ2v) is 10.7. The minimum absolute atomic E-state index is 0.132. The SMILES string of the molecule is Cc1cc(OCCCC2CCN(c3nc(C(C)C)no3)CC2)ccc1CC(N)C(=O)N1CCCC1C#N. The molecule has 9 nitrogen and oxygen atoms in total. The lowest BCUT2D eigenvalue weighted by atomic mass is 9.92. The van der Waals surface area contributed by atoms with Crippen molar-refractivity contribution in [3.63, 3.8) is 0 Å². The molecule has 4 rings (SSSR count). The largest absolute Gasteiger partial charge is 0.494 e. The van der Waals surface area contributed by atoms with Crippen molar-refractivity contribution in [2.45, 2.75) is 83.7 Å². The number of ether oxygens (including phenoxy) is 1. The van der Waals surface area contributed by atoms with Crippen LogP contribution in [-0.2, 0) is 11.2 Å². The van der Waals surface area contributed by atoms with Crippen LogP contribution in [0.1, 0.15) is 75.2 Å².